The SMILES string of the molecule is CNC(=O)CCN1CCO[C@H](c2ccc(Br)cc2)[C@H]1C. The van der Waals surface area contributed by atoms with Crippen LogP contribution in [-0.2, 0) is 9.53 Å². The van der Waals surface area contributed by atoms with Gasteiger partial charge in [-0.05, 0) is 24.6 Å². The van der Waals surface area contributed by atoms with E-state index < -0.39 is 0 Å². The van der Waals surface area contributed by atoms with Crippen molar-refractivity contribution in [2.75, 3.05) is 26.7 Å². The van der Waals surface area contributed by atoms with Crippen LogP contribution in [-0.4, -0.2) is 43.6 Å². The van der Waals surface area contributed by atoms with Gasteiger partial charge in [-0.1, -0.05) is 28.1 Å². The molecule has 0 unspecified atom stereocenters. The minimum Gasteiger partial charge on any atom is -0.371 e. The first kappa shape index (κ1) is 15.5. The molecule has 1 amide bonds. The summed E-state index contributed by atoms with van der Waals surface area (Å²) in [6, 6.07) is 8.53. The average Bonchev–Trinajstić information content (AvgIpc) is 2.47. The van der Waals surface area contributed by atoms with Crippen LogP contribution in [0.4, 0.5) is 0 Å². The number of amides is 1. The summed E-state index contributed by atoms with van der Waals surface area (Å²) in [5.74, 6) is 0.0869. The van der Waals surface area contributed by atoms with Crippen LogP contribution < -0.4 is 5.32 Å². The summed E-state index contributed by atoms with van der Waals surface area (Å²) in [6.07, 6.45) is 0.606. The van der Waals surface area contributed by atoms with E-state index in [1.165, 1.54) is 5.56 Å². The van der Waals surface area contributed by atoms with Crippen molar-refractivity contribution in [3.8, 4) is 0 Å². The topological polar surface area (TPSA) is 41.6 Å². The average molecular weight is 341 g/mol. The third-order valence-corrected chi connectivity index (χ3v) is 4.32. The number of benzene rings is 1. The fourth-order valence-electron chi connectivity index (χ4n) is 2.54. The molecule has 1 aromatic rings. The molecule has 5 heteroatoms. The second-order valence-corrected chi connectivity index (χ2v) is 5.96. The first-order valence-corrected chi connectivity index (χ1v) is 7.73. The Balaban J connectivity index is 2.00. The van der Waals surface area contributed by atoms with Crippen LogP contribution >= 0.6 is 15.9 Å². The molecule has 1 aliphatic heterocycles. The van der Waals surface area contributed by atoms with E-state index in [0.29, 0.717) is 13.0 Å². The van der Waals surface area contributed by atoms with E-state index >= 15 is 0 Å². The maximum absolute atomic E-state index is 11.4. The van der Waals surface area contributed by atoms with E-state index in [1.807, 2.05) is 12.1 Å². The molecule has 4 nitrogen and oxygen atoms in total. The standard InChI is InChI=1S/C15H21BrN2O2/c1-11-15(12-3-5-13(16)6-4-12)20-10-9-18(11)8-7-14(19)17-2/h3-6,11,15H,7-10H2,1-2H3,(H,17,19)/t11-,15+/m1/s1. The lowest BCUT2D eigenvalue weighted by Crippen LogP contribution is -2.46. The van der Waals surface area contributed by atoms with Crippen molar-refractivity contribution in [2.24, 2.45) is 0 Å². The molecule has 0 bridgehead atoms. The van der Waals surface area contributed by atoms with Gasteiger partial charge in [0.15, 0.2) is 0 Å². The molecule has 110 valence electrons. The molecule has 1 fully saturated rings. The van der Waals surface area contributed by atoms with Crippen LogP contribution in [0.3, 0.4) is 0 Å². The van der Waals surface area contributed by atoms with Crippen LogP contribution in [0.15, 0.2) is 28.7 Å². The minimum absolute atomic E-state index is 0.0709. The zero-order valence-electron chi connectivity index (χ0n) is 11.9. The summed E-state index contributed by atoms with van der Waals surface area (Å²) in [6.45, 7) is 4.52. The number of nitrogens with zero attached hydrogens (tertiary/aromatic N) is 1. The number of hydrogen-bond acceptors (Lipinski definition) is 3. The maximum Gasteiger partial charge on any atom is 0.221 e. The summed E-state index contributed by atoms with van der Waals surface area (Å²) in [4.78, 5) is 13.7. The number of ether oxygens (including phenoxy) is 1. The van der Waals surface area contributed by atoms with Crippen molar-refractivity contribution in [3.05, 3.63) is 34.3 Å². The smallest absolute Gasteiger partial charge is 0.221 e. The fraction of sp³-hybridized carbons (Fsp3) is 0.533. The van der Waals surface area contributed by atoms with Crippen molar-refractivity contribution in [1.82, 2.24) is 10.2 Å². The number of halogens is 1. The lowest BCUT2D eigenvalue weighted by atomic mass is 10.0. The van der Waals surface area contributed by atoms with E-state index in [2.05, 4.69) is 45.2 Å². The molecular formula is C15H21BrN2O2. The highest BCUT2D eigenvalue weighted by atomic mass is 79.9. The molecule has 0 aliphatic carbocycles. The van der Waals surface area contributed by atoms with E-state index in [1.54, 1.807) is 7.05 Å². The van der Waals surface area contributed by atoms with Gasteiger partial charge in [0.05, 0.1) is 12.7 Å². The van der Waals surface area contributed by atoms with Crippen molar-refractivity contribution in [3.63, 3.8) is 0 Å². The molecule has 2 atom stereocenters. The largest absolute Gasteiger partial charge is 0.371 e. The van der Waals surface area contributed by atoms with Gasteiger partial charge in [-0.25, -0.2) is 0 Å². The molecule has 1 aromatic carbocycles. The molecule has 1 heterocycles. The van der Waals surface area contributed by atoms with Crippen molar-refractivity contribution >= 4 is 21.8 Å². The van der Waals surface area contributed by atoms with Gasteiger partial charge >= 0.3 is 0 Å². The second kappa shape index (κ2) is 7.20. The molecule has 1 N–H and O–H groups in total. The molecule has 1 aliphatic rings. The molecular weight excluding hydrogens is 320 g/mol. The first-order chi connectivity index (χ1) is 9.61. The van der Waals surface area contributed by atoms with E-state index in [0.717, 1.165) is 17.6 Å². The van der Waals surface area contributed by atoms with Gasteiger partial charge in [-0.2, -0.15) is 0 Å². The van der Waals surface area contributed by atoms with Crippen LogP contribution in [0, 0.1) is 0 Å². The summed E-state index contributed by atoms with van der Waals surface area (Å²) in [5, 5.41) is 2.67. The second-order valence-electron chi connectivity index (χ2n) is 5.04. The number of carbonyl (C=O) groups excluding carboxylic acids is 1. The zero-order valence-corrected chi connectivity index (χ0v) is 13.5. The zero-order chi connectivity index (χ0) is 14.5. The monoisotopic (exact) mass is 340 g/mol. The fourth-order valence-corrected chi connectivity index (χ4v) is 2.81. The van der Waals surface area contributed by atoms with Crippen LogP contribution in [0.1, 0.15) is 25.0 Å². The third kappa shape index (κ3) is 3.81. The Kier molecular flexibility index (Phi) is 5.57. The highest BCUT2D eigenvalue weighted by Crippen LogP contribution is 2.29. The summed E-state index contributed by atoms with van der Waals surface area (Å²) < 4.78 is 6.99. The van der Waals surface area contributed by atoms with Gasteiger partial charge in [0.2, 0.25) is 5.91 Å². The van der Waals surface area contributed by atoms with E-state index in [4.69, 9.17) is 4.74 Å². The Hall–Kier alpha value is -0.910. The summed E-state index contributed by atoms with van der Waals surface area (Å²) in [7, 11) is 1.68. The lowest BCUT2D eigenvalue weighted by Gasteiger charge is -2.39. The van der Waals surface area contributed by atoms with Gasteiger partial charge in [0, 0.05) is 37.1 Å². The van der Waals surface area contributed by atoms with E-state index in [9.17, 15) is 4.79 Å². The van der Waals surface area contributed by atoms with Crippen LogP contribution in [0.25, 0.3) is 0 Å². The number of nitrogens with one attached hydrogen (secondary N) is 1. The van der Waals surface area contributed by atoms with Crippen LogP contribution in [0.5, 0.6) is 0 Å². The number of rotatable bonds is 4. The molecule has 2 rings (SSSR count). The lowest BCUT2D eigenvalue weighted by molar-refractivity contribution is -0.122. The molecule has 0 aromatic heterocycles. The Bertz CT molecular complexity index is 450. The minimum atomic E-state index is 0.0709. The van der Waals surface area contributed by atoms with Crippen molar-refractivity contribution in [1.29, 1.82) is 0 Å². The Morgan fingerprint density at radius 3 is 2.80 bits per heavy atom. The summed E-state index contributed by atoms with van der Waals surface area (Å²) >= 11 is 3.45. The molecule has 20 heavy (non-hydrogen) atoms. The van der Waals surface area contributed by atoms with Gasteiger partial charge in [-0.3, -0.25) is 9.69 Å². The summed E-state index contributed by atoms with van der Waals surface area (Å²) in [5.41, 5.74) is 1.19. The quantitative estimate of drug-likeness (QED) is 0.914. The number of morpholine rings is 1. The Morgan fingerprint density at radius 1 is 1.45 bits per heavy atom. The van der Waals surface area contributed by atoms with Crippen molar-refractivity contribution in [2.45, 2.75) is 25.5 Å². The van der Waals surface area contributed by atoms with Gasteiger partial charge in [0.25, 0.3) is 0 Å². The molecule has 0 saturated carbocycles. The van der Waals surface area contributed by atoms with Crippen molar-refractivity contribution < 1.29 is 9.53 Å². The molecule has 1 saturated heterocycles. The molecule has 0 spiro atoms. The Labute approximate surface area is 128 Å². The predicted molar refractivity (Wildman–Crippen MR) is 82.6 cm³/mol. The van der Waals surface area contributed by atoms with Crippen LogP contribution in [0.2, 0.25) is 0 Å². The molecule has 0 radical (unpaired) electrons. The van der Waals surface area contributed by atoms with E-state index in [-0.39, 0.29) is 18.1 Å². The predicted octanol–water partition coefficient (Wildman–Crippen LogP) is 2.35. The highest BCUT2D eigenvalue weighted by Gasteiger charge is 2.29. The Morgan fingerprint density at radius 2 is 2.15 bits per heavy atom. The van der Waals surface area contributed by atoms with Gasteiger partial charge < -0.3 is 10.1 Å². The number of hydrogen-bond donors (Lipinski definition) is 1. The maximum atomic E-state index is 11.4. The highest BCUT2D eigenvalue weighted by molar-refractivity contribution is 9.10. The van der Waals surface area contributed by atoms with Gasteiger partial charge in [0.1, 0.15) is 0 Å². The third-order valence-electron chi connectivity index (χ3n) is 3.79. The normalized spacial score (nSPS) is 23.6. The first-order valence-electron chi connectivity index (χ1n) is 6.93. The van der Waals surface area contributed by atoms with Gasteiger partial charge in [-0.15, -0.1) is 0 Å². The number of carbonyl (C=O) groups is 1.